The molecule has 5 heteroatoms. The molecule has 1 aromatic heterocycles. The zero-order chi connectivity index (χ0) is 17.3. The van der Waals surface area contributed by atoms with Gasteiger partial charge in [-0.05, 0) is 62.6 Å². The van der Waals surface area contributed by atoms with Crippen LogP contribution in [0.15, 0.2) is 42.5 Å². The van der Waals surface area contributed by atoms with Crippen molar-refractivity contribution in [3.8, 4) is 5.69 Å². The van der Waals surface area contributed by atoms with Crippen LogP contribution in [0.3, 0.4) is 0 Å². The van der Waals surface area contributed by atoms with Gasteiger partial charge in [0.05, 0.1) is 5.69 Å². The van der Waals surface area contributed by atoms with Crippen LogP contribution in [0.1, 0.15) is 22.5 Å². The van der Waals surface area contributed by atoms with Gasteiger partial charge in [-0.15, -0.1) is 0 Å². The number of nitrogens with zero attached hydrogens (tertiary/aromatic N) is 2. The lowest BCUT2D eigenvalue weighted by atomic mass is 10.0. The maximum atomic E-state index is 14.4. The highest BCUT2D eigenvalue weighted by Crippen LogP contribution is 2.20. The van der Waals surface area contributed by atoms with E-state index in [2.05, 4.69) is 5.10 Å². The number of rotatable bonds is 4. The number of benzene rings is 2. The summed E-state index contributed by atoms with van der Waals surface area (Å²) in [5, 5.41) is 4.27. The Morgan fingerprint density at radius 2 is 1.58 bits per heavy atom. The third-order valence-corrected chi connectivity index (χ3v) is 3.98. The van der Waals surface area contributed by atoms with Crippen LogP contribution in [0, 0.1) is 31.3 Å². The number of hydrogen-bond acceptors (Lipinski definition) is 1. The highest BCUT2D eigenvalue weighted by molar-refractivity contribution is 5.38. The first-order chi connectivity index (χ1) is 11.5. The lowest BCUT2D eigenvalue weighted by Crippen LogP contribution is -2.04. The monoisotopic (exact) mass is 330 g/mol. The minimum atomic E-state index is -0.574. The number of halogens is 3. The Balaban J connectivity index is 1.82. The van der Waals surface area contributed by atoms with E-state index in [1.54, 1.807) is 16.8 Å². The van der Waals surface area contributed by atoms with Gasteiger partial charge in [0, 0.05) is 11.3 Å². The molecule has 0 saturated carbocycles. The molecule has 0 radical (unpaired) electrons. The van der Waals surface area contributed by atoms with Crippen LogP contribution in [0.4, 0.5) is 13.2 Å². The fraction of sp³-hybridized carbons (Fsp3) is 0.211. The molecule has 0 aliphatic rings. The Morgan fingerprint density at radius 3 is 2.17 bits per heavy atom. The maximum absolute atomic E-state index is 14.4. The molecule has 124 valence electrons. The summed E-state index contributed by atoms with van der Waals surface area (Å²) in [6, 6.07) is 10.4. The number of aryl methyl sites for hydroxylation is 3. The van der Waals surface area contributed by atoms with Gasteiger partial charge >= 0.3 is 0 Å². The molecule has 24 heavy (non-hydrogen) atoms. The van der Waals surface area contributed by atoms with Crippen molar-refractivity contribution < 1.29 is 13.2 Å². The molecule has 3 aromatic rings. The number of aromatic nitrogens is 2. The van der Waals surface area contributed by atoms with E-state index in [-0.39, 0.29) is 12.0 Å². The molecule has 1 heterocycles. The third-order valence-electron chi connectivity index (χ3n) is 3.98. The topological polar surface area (TPSA) is 17.8 Å². The summed E-state index contributed by atoms with van der Waals surface area (Å²) in [6.07, 6.45) is 0.531. The van der Waals surface area contributed by atoms with Crippen molar-refractivity contribution >= 4 is 0 Å². The SMILES string of the molecule is Cc1cc(C)n(-c2ccc(CCc3c(F)cccc3F)cc2F)n1. The van der Waals surface area contributed by atoms with Gasteiger partial charge in [0.2, 0.25) is 0 Å². The predicted octanol–water partition coefficient (Wildman–Crippen LogP) is 4.69. The molecule has 0 amide bonds. The molecule has 0 bridgehead atoms. The van der Waals surface area contributed by atoms with E-state index in [0.717, 1.165) is 11.4 Å². The average molecular weight is 330 g/mol. The molecule has 0 N–H and O–H groups in total. The molecule has 0 saturated heterocycles. The second-order valence-corrected chi connectivity index (χ2v) is 5.82. The summed E-state index contributed by atoms with van der Waals surface area (Å²) in [5.74, 6) is -1.56. The van der Waals surface area contributed by atoms with Crippen molar-refractivity contribution in [2.24, 2.45) is 0 Å². The van der Waals surface area contributed by atoms with Crippen molar-refractivity contribution in [3.63, 3.8) is 0 Å². The lowest BCUT2D eigenvalue weighted by Gasteiger charge is -2.09. The standard InChI is InChI=1S/C19H17F3N2/c1-12-10-13(2)24(23-12)19-9-7-14(11-18(19)22)6-8-15-16(20)4-3-5-17(15)21/h3-5,7,9-11H,6,8H2,1-2H3. The van der Waals surface area contributed by atoms with Crippen LogP contribution >= 0.6 is 0 Å². The van der Waals surface area contributed by atoms with E-state index in [1.165, 1.54) is 24.3 Å². The molecule has 0 unspecified atom stereocenters. The summed E-state index contributed by atoms with van der Waals surface area (Å²) in [6.45, 7) is 3.70. The Bertz CT molecular complexity index is 864. The molecular formula is C19H17F3N2. The van der Waals surface area contributed by atoms with Crippen molar-refractivity contribution in [1.82, 2.24) is 9.78 Å². The second-order valence-electron chi connectivity index (χ2n) is 5.82. The van der Waals surface area contributed by atoms with E-state index in [1.807, 2.05) is 19.9 Å². The zero-order valence-corrected chi connectivity index (χ0v) is 13.5. The maximum Gasteiger partial charge on any atom is 0.149 e. The van der Waals surface area contributed by atoms with E-state index in [0.29, 0.717) is 17.7 Å². The first-order valence-electron chi connectivity index (χ1n) is 7.70. The second kappa shape index (κ2) is 6.51. The van der Waals surface area contributed by atoms with Gasteiger partial charge in [0.15, 0.2) is 0 Å². The van der Waals surface area contributed by atoms with Crippen LogP contribution in [-0.2, 0) is 12.8 Å². The first kappa shape index (κ1) is 16.3. The van der Waals surface area contributed by atoms with Crippen molar-refractivity contribution in [1.29, 1.82) is 0 Å². The quantitative estimate of drug-likeness (QED) is 0.678. The average Bonchev–Trinajstić information content (AvgIpc) is 2.85. The Hall–Kier alpha value is -2.56. The zero-order valence-electron chi connectivity index (χ0n) is 13.5. The van der Waals surface area contributed by atoms with Gasteiger partial charge < -0.3 is 0 Å². The van der Waals surface area contributed by atoms with Crippen LogP contribution in [0.5, 0.6) is 0 Å². The lowest BCUT2D eigenvalue weighted by molar-refractivity contribution is 0.554. The number of hydrogen-bond donors (Lipinski definition) is 0. The minimum Gasteiger partial charge on any atom is -0.235 e. The van der Waals surface area contributed by atoms with Crippen molar-refractivity contribution in [2.45, 2.75) is 26.7 Å². The Labute approximate surface area is 138 Å². The molecule has 0 fully saturated rings. The minimum absolute atomic E-state index is 0.0283. The van der Waals surface area contributed by atoms with Crippen LogP contribution in [-0.4, -0.2) is 9.78 Å². The predicted molar refractivity (Wildman–Crippen MR) is 86.8 cm³/mol. The van der Waals surface area contributed by atoms with Crippen molar-refractivity contribution in [3.05, 3.63) is 82.4 Å². The largest absolute Gasteiger partial charge is 0.235 e. The smallest absolute Gasteiger partial charge is 0.149 e. The molecule has 2 aromatic carbocycles. The molecular weight excluding hydrogens is 313 g/mol. The van der Waals surface area contributed by atoms with Gasteiger partial charge in [-0.2, -0.15) is 5.10 Å². The van der Waals surface area contributed by atoms with Gasteiger partial charge in [-0.3, -0.25) is 0 Å². The molecule has 0 atom stereocenters. The van der Waals surface area contributed by atoms with E-state index < -0.39 is 17.5 Å². The van der Waals surface area contributed by atoms with E-state index in [9.17, 15) is 13.2 Å². The van der Waals surface area contributed by atoms with Gasteiger partial charge in [0.25, 0.3) is 0 Å². The Morgan fingerprint density at radius 1 is 0.875 bits per heavy atom. The summed E-state index contributed by atoms with van der Waals surface area (Å²) in [5.41, 5.74) is 2.72. The van der Waals surface area contributed by atoms with Crippen LogP contribution in [0.2, 0.25) is 0 Å². The van der Waals surface area contributed by atoms with Gasteiger partial charge in [-0.1, -0.05) is 12.1 Å². The fourth-order valence-electron chi connectivity index (χ4n) is 2.79. The van der Waals surface area contributed by atoms with Crippen molar-refractivity contribution in [2.75, 3.05) is 0 Å². The summed E-state index contributed by atoms with van der Waals surface area (Å²) in [4.78, 5) is 0. The molecule has 0 aliphatic heterocycles. The van der Waals surface area contributed by atoms with Gasteiger partial charge in [0.1, 0.15) is 23.1 Å². The normalized spacial score (nSPS) is 11.0. The first-order valence-corrected chi connectivity index (χ1v) is 7.70. The highest BCUT2D eigenvalue weighted by atomic mass is 19.1. The van der Waals surface area contributed by atoms with E-state index >= 15 is 0 Å². The molecule has 0 spiro atoms. The molecule has 3 rings (SSSR count). The summed E-state index contributed by atoms with van der Waals surface area (Å²) >= 11 is 0. The van der Waals surface area contributed by atoms with Crippen LogP contribution in [0.25, 0.3) is 5.69 Å². The van der Waals surface area contributed by atoms with E-state index in [4.69, 9.17) is 0 Å². The Kier molecular flexibility index (Phi) is 4.42. The van der Waals surface area contributed by atoms with Crippen LogP contribution < -0.4 is 0 Å². The molecule has 2 nitrogen and oxygen atoms in total. The third kappa shape index (κ3) is 3.20. The molecule has 0 aliphatic carbocycles. The summed E-state index contributed by atoms with van der Waals surface area (Å²) < 4.78 is 43.2. The van der Waals surface area contributed by atoms with Gasteiger partial charge in [-0.25, -0.2) is 17.9 Å². The highest BCUT2D eigenvalue weighted by Gasteiger charge is 2.12. The fourth-order valence-corrected chi connectivity index (χ4v) is 2.79. The summed E-state index contributed by atoms with van der Waals surface area (Å²) in [7, 11) is 0.